The number of benzene rings is 1. The molecular formula is C23H26N4O2. The van der Waals surface area contributed by atoms with E-state index in [1.54, 1.807) is 12.4 Å². The first kappa shape index (κ1) is 19.3. The second-order valence-electron chi connectivity index (χ2n) is 7.00. The van der Waals surface area contributed by atoms with Gasteiger partial charge in [-0.1, -0.05) is 0 Å². The van der Waals surface area contributed by atoms with E-state index in [1.165, 1.54) is 5.56 Å². The fraction of sp³-hybridized carbons (Fsp3) is 0.348. The molecule has 0 amide bonds. The van der Waals surface area contributed by atoms with Gasteiger partial charge in [-0.05, 0) is 44.2 Å². The number of nitrogens with zero attached hydrogens (tertiary/aromatic N) is 4. The normalized spacial score (nSPS) is 13.7. The third-order valence-electron chi connectivity index (χ3n) is 4.99. The predicted octanol–water partition coefficient (Wildman–Crippen LogP) is 3.89. The summed E-state index contributed by atoms with van der Waals surface area (Å²) in [5.74, 6) is 2.57. The predicted molar refractivity (Wildman–Crippen MR) is 112 cm³/mol. The fourth-order valence-electron chi connectivity index (χ4n) is 3.62. The van der Waals surface area contributed by atoms with Crippen LogP contribution in [0.5, 0.6) is 11.5 Å². The third-order valence-corrected chi connectivity index (χ3v) is 4.99. The molecule has 29 heavy (non-hydrogen) atoms. The van der Waals surface area contributed by atoms with Gasteiger partial charge in [-0.25, -0.2) is 9.97 Å². The van der Waals surface area contributed by atoms with Crippen LogP contribution in [0.1, 0.15) is 30.7 Å². The van der Waals surface area contributed by atoms with Crippen molar-refractivity contribution in [3.05, 3.63) is 65.7 Å². The molecule has 6 heteroatoms. The summed E-state index contributed by atoms with van der Waals surface area (Å²) in [6.45, 7) is 7.90. The SMILES string of the molecule is CCOc1ccc(OCC)c(CN2CCc3nc(-c4ccncc4)ncc3C2)c1. The molecule has 1 aliphatic heterocycles. The summed E-state index contributed by atoms with van der Waals surface area (Å²) in [5, 5.41) is 0. The monoisotopic (exact) mass is 390 g/mol. The Hall–Kier alpha value is -2.99. The first-order chi connectivity index (χ1) is 14.3. The maximum Gasteiger partial charge on any atom is 0.159 e. The Labute approximate surface area is 171 Å². The molecule has 0 bridgehead atoms. The first-order valence-electron chi connectivity index (χ1n) is 10.1. The molecule has 4 rings (SSSR count). The molecule has 0 radical (unpaired) electrons. The topological polar surface area (TPSA) is 60.4 Å². The van der Waals surface area contributed by atoms with Crippen molar-refractivity contribution in [3.8, 4) is 22.9 Å². The van der Waals surface area contributed by atoms with Gasteiger partial charge in [0.25, 0.3) is 0 Å². The van der Waals surface area contributed by atoms with E-state index in [-0.39, 0.29) is 0 Å². The molecule has 0 saturated carbocycles. The van der Waals surface area contributed by atoms with Crippen LogP contribution in [0.4, 0.5) is 0 Å². The van der Waals surface area contributed by atoms with E-state index < -0.39 is 0 Å². The highest BCUT2D eigenvalue weighted by Crippen LogP contribution is 2.28. The molecule has 0 unspecified atom stereocenters. The number of hydrogen-bond donors (Lipinski definition) is 0. The lowest BCUT2D eigenvalue weighted by molar-refractivity contribution is 0.236. The zero-order chi connectivity index (χ0) is 20.1. The largest absolute Gasteiger partial charge is 0.494 e. The molecule has 0 atom stereocenters. The molecule has 1 aromatic carbocycles. The van der Waals surface area contributed by atoms with Crippen molar-refractivity contribution in [2.45, 2.75) is 33.4 Å². The van der Waals surface area contributed by atoms with Crippen LogP contribution in [-0.4, -0.2) is 39.6 Å². The fourth-order valence-corrected chi connectivity index (χ4v) is 3.62. The van der Waals surface area contributed by atoms with Crippen molar-refractivity contribution in [1.29, 1.82) is 0 Å². The Bertz CT molecular complexity index is 962. The van der Waals surface area contributed by atoms with E-state index in [0.29, 0.717) is 13.2 Å². The number of hydrogen-bond acceptors (Lipinski definition) is 6. The minimum absolute atomic E-state index is 0.648. The molecule has 0 spiro atoms. The molecule has 2 aromatic heterocycles. The van der Waals surface area contributed by atoms with E-state index in [4.69, 9.17) is 14.5 Å². The van der Waals surface area contributed by atoms with Gasteiger partial charge in [-0.15, -0.1) is 0 Å². The standard InChI is InChI=1S/C23H26N4O2/c1-3-28-20-5-6-22(29-4-2)18(13-20)15-27-12-9-21-19(16-27)14-25-23(26-21)17-7-10-24-11-8-17/h5-8,10-11,13-14H,3-4,9,12,15-16H2,1-2H3. The highest BCUT2D eigenvalue weighted by molar-refractivity contribution is 5.54. The molecule has 0 aliphatic carbocycles. The molecule has 6 nitrogen and oxygen atoms in total. The van der Waals surface area contributed by atoms with Gasteiger partial charge in [-0.3, -0.25) is 9.88 Å². The summed E-state index contributed by atoms with van der Waals surface area (Å²) in [7, 11) is 0. The van der Waals surface area contributed by atoms with Gasteiger partial charge in [0.05, 0.1) is 18.9 Å². The van der Waals surface area contributed by atoms with Gasteiger partial charge in [0.2, 0.25) is 0 Å². The number of pyridine rings is 1. The molecule has 150 valence electrons. The van der Waals surface area contributed by atoms with Crippen LogP contribution < -0.4 is 9.47 Å². The van der Waals surface area contributed by atoms with Crippen LogP contribution in [0.3, 0.4) is 0 Å². The highest BCUT2D eigenvalue weighted by atomic mass is 16.5. The average molecular weight is 390 g/mol. The van der Waals surface area contributed by atoms with Crippen molar-refractivity contribution in [2.75, 3.05) is 19.8 Å². The second kappa shape index (κ2) is 9.01. The van der Waals surface area contributed by atoms with Gasteiger partial charge < -0.3 is 9.47 Å². The number of ether oxygens (including phenoxy) is 2. The minimum atomic E-state index is 0.648. The second-order valence-corrected chi connectivity index (χ2v) is 7.00. The van der Waals surface area contributed by atoms with Crippen molar-refractivity contribution >= 4 is 0 Å². The molecule has 3 aromatic rings. The van der Waals surface area contributed by atoms with Gasteiger partial charge in [0.1, 0.15) is 11.5 Å². The van der Waals surface area contributed by atoms with Crippen molar-refractivity contribution in [2.24, 2.45) is 0 Å². The number of fused-ring (bicyclic) bond motifs is 1. The highest BCUT2D eigenvalue weighted by Gasteiger charge is 2.20. The Balaban J connectivity index is 1.51. The van der Waals surface area contributed by atoms with Crippen LogP contribution in [0.15, 0.2) is 48.9 Å². The Morgan fingerprint density at radius 1 is 1.03 bits per heavy atom. The van der Waals surface area contributed by atoms with Gasteiger partial charge in [-0.2, -0.15) is 0 Å². The lowest BCUT2D eigenvalue weighted by Gasteiger charge is -2.28. The van der Waals surface area contributed by atoms with Crippen molar-refractivity contribution in [1.82, 2.24) is 19.9 Å². The van der Waals surface area contributed by atoms with E-state index in [9.17, 15) is 0 Å². The summed E-state index contributed by atoms with van der Waals surface area (Å²) in [6, 6.07) is 9.95. The Morgan fingerprint density at radius 3 is 2.66 bits per heavy atom. The van der Waals surface area contributed by atoms with Gasteiger partial charge >= 0.3 is 0 Å². The van der Waals surface area contributed by atoms with E-state index in [2.05, 4.69) is 20.9 Å². The lowest BCUT2D eigenvalue weighted by Crippen LogP contribution is -2.31. The lowest BCUT2D eigenvalue weighted by atomic mass is 10.1. The van der Waals surface area contributed by atoms with E-state index in [1.807, 2.05) is 44.3 Å². The van der Waals surface area contributed by atoms with Crippen molar-refractivity contribution in [3.63, 3.8) is 0 Å². The molecule has 1 aliphatic rings. The zero-order valence-corrected chi connectivity index (χ0v) is 17.0. The molecule has 0 saturated heterocycles. The van der Waals surface area contributed by atoms with Gasteiger partial charge in [0, 0.05) is 61.3 Å². The maximum absolute atomic E-state index is 5.83. The van der Waals surface area contributed by atoms with Crippen molar-refractivity contribution < 1.29 is 9.47 Å². The van der Waals surface area contributed by atoms with Crippen LogP contribution in [0.25, 0.3) is 11.4 Å². The first-order valence-corrected chi connectivity index (χ1v) is 10.1. The van der Waals surface area contributed by atoms with E-state index in [0.717, 1.165) is 60.2 Å². The summed E-state index contributed by atoms with van der Waals surface area (Å²) in [5.41, 5.74) is 4.47. The Morgan fingerprint density at radius 2 is 1.86 bits per heavy atom. The zero-order valence-electron chi connectivity index (χ0n) is 17.0. The number of aromatic nitrogens is 3. The summed E-state index contributed by atoms with van der Waals surface area (Å²) < 4.78 is 11.5. The average Bonchev–Trinajstić information content (AvgIpc) is 2.76. The minimum Gasteiger partial charge on any atom is -0.494 e. The van der Waals surface area contributed by atoms with Gasteiger partial charge in [0.15, 0.2) is 5.82 Å². The van der Waals surface area contributed by atoms with E-state index >= 15 is 0 Å². The third kappa shape index (κ3) is 4.54. The van der Waals surface area contributed by atoms with Crippen LogP contribution in [0.2, 0.25) is 0 Å². The number of rotatable bonds is 7. The summed E-state index contributed by atoms with van der Waals surface area (Å²) in [4.78, 5) is 15.9. The summed E-state index contributed by atoms with van der Waals surface area (Å²) >= 11 is 0. The quantitative estimate of drug-likeness (QED) is 0.610. The molecule has 0 fully saturated rings. The molecule has 0 N–H and O–H groups in total. The Kier molecular flexibility index (Phi) is 6.00. The maximum atomic E-state index is 5.83. The van der Waals surface area contributed by atoms with Crippen LogP contribution >= 0.6 is 0 Å². The van der Waals surface area contributed by atoms with Crippen LogP contribution in [-0.2, 0) is 19.5 Å². The smallest absolute Gasteiger partial charge is 0.159 e. The van der Waals surface area contributed by atoms with Crippen LogP contribution in [0, 0.1) is 0 Å². The molecular weight excluding hydrogens is 364 g/mol. The molecule has 3 heterocycles. The summed E-state index contributed by atoms with van der Waals surface area (Å²) in [6.07, 6.45) is 6.41.